The number of carbonyl (C=O) groups excluding carboxylic acids is 1. The molecule has 1 aliphatic heterocycles. The second kappa shape index (κ2) is 5.71. The van der Waals surface area contributed by atoms with E-state index >= 15 is 0 Å². The van der Waals surface area contributed by atoms with Gasteiger partial charge in [-0.3, -0.25) is 0 Å². The van der Waals surface area contributed by atoms with Gasteiger partial charge < -0.3 is 15.0 Å². The van der Waals surface area contributed by atoms with E-state index in [9.17, 15) is 4.79 Å². The zero-order chi connectivity index (χ0) is 13.1. The van der Waals surface area contributed by atoms with Crippen molar-refractivity contribution in [1.82, 2.24) is 5.32 Å². The molecule has 100 valence electrons. The number of thiophene rings is 1. The molecule has 0 aliphatic carbocycles. The fourth-order valence-electron chi connectivity index (χ4n) is 2.32. The largest absolute Gasteiger partial charge is 0.462 e. The lowest BCUT2D eigenvalue weighted by molar-refractivity contribution is 0.0532. The van der Waals surface area contributed by atoms with E-state index in [1.807, 2.05) is 19.1 Å². The Kier molecular flexibility index (Phi) is 4.24. The molecule has 2 rings (SSSR count). The molecule has 0 amide bonds. The molecule has 0 aromatic carbocycles. The molecule has 0 radical (unpaired) electrons. The summed E-state index contributed by atoms with van der Waals surface area (Å²) in [5.41, 5.74) is 0. The van der Waals surface area contributed by atoms with Gasteiger partial charge in [0.25, 0.3) is 0 Å². The number of carbonyl (C=O) groups is 1. The average Bonchev–Trinajstić information content (AvgIpc) is 2.77. The van der Waals surface area contributed by atoms with Crippen molar-refractivity contribution in [2.75, 3.05) is 24.6 Å². The highest BCUT2D eigenvalue weighted by Crippen LogP contribution is 2.28. The third kappa shape index (κ3) is 3.03. The lowest BCUT2D eigenvalue weighted by atomic mass is 10.1. The maximum absolute atomic E-state index is 11.6. The van der Waals surface area contributed by atoms with Crippen molar-refractivity contribution in [3.63, 3.8) is 0 Å². The summed E-state index contributed by atoms with van der Waals surface area (Å²) in [4.78, 5) is 14.6. The average molecular weight is 268 g/mol. The molecule has 1 N–H and O–H groups in total. The number of hydrogen-bond acceptors (Lipinski definition) is 5. The predicted molar refractivity (Wildman–Crippen MR) is 74.5 cm³/mol. The number of esters is 1. The van der Waals surface area contributed by atoms with Gasteiger partial charge in [-0.1, -0.05) is 0 Å². The molecule has 0 spiro atoms. The van der Waals surface area contributed by atoms with E-state index in [-0.39, 0.29) is 5.97 Å². The molecule has 1 aromatic heterocycles. The van der Waals surface area contributed by atoms with E-state index in [1.54, 1.807) is 0 Å². The second-order valence-electron chi connectivity index (χ2n) is 4.73. The van der Waals surface area contributed by atoms with E-state index in [4.69, 9.17) is 4.74 Å². The van der Waals surface area contributed by atoms with Crippen LogP contribution in [0.2, 0.25) is 0 Å². The molecular weight excluding hydrogens is 248 g/mol. The quantitative estimate of drug-likeness (QED) is 0.853. The van der Waals surface area contributed by atoms with Crippen LogP contribution in [0.5, 0.6) is 0 Å². The van der Waals surface area contributed by atoms with Crippen LogP contribution in [0.3, 0.4) is 0 Å². The second-order valence-corrected chi connectivity index (χ2v) is 5.79. The maximum Gasteiger partial charge on any atom is 0.348 e. The molecule has 1 saturated heterocycles. The maximum atomic E-state index is 11.6. The number of ether oxygens (including phenoxy) is 1. The van der Waals surface area contributed by atoms with Crippen molar-refractivity contribution >= 4 is 22.3 Å². The minimum atomic E-state index is -0.218. The van der Waals surface area contributed by atoms with E-state index in [0.29, 0.717) is 23.6 Å². The van der Waals surface area contributed by atoms with Gasteiger partial charge in [0.15, 0.2) is 0 Å². The molecule has 1 aromatic rings. The zero-order valence-electron chi connectivity index (χ0n) is 11.1. The van der Waals surface area contributed by atoms with Gasteiger partial charge in [0.2, 0.25) is 0 Å². The molecule has 4 nitrogen and oxygen atoms in total. The highest BCUT2D eigenvalue weighted by molar-refractivity contribution is 7.17. The lowest BCUT2D eigenvalue weighted by Gasteiger charge is -2.36. The third-order valence-corrected chi connectivity index (χ3v) is 4.06. The first kappa shape index (κ1) is 13.4. The fraction of sp³-hybridized carbons (Fsp3) is 0.615. The van der Waals surface area contributed by atoms with Crippen LogP contribution in [0.25, 0.3) is 0 Å². The van der Waals surface area contributed by atoms with E-state index in [1.165, 1.54) is 11.3 Å². The van der Waals surface area contributed by atoms with Crippen LogP contribution in [-0.2, 0) is 4.74 Å². The molecule has 1 aliphatic rings. The van der Waals surface area contributed by atoms with Gasteiger partial charge in [0.1, 0.15) is 4.88 Å². The Morgan fingerprint density at radius 3 is 2.72 bits per heavy atom. The fourth-order valence-corrected chi connectivity index (χ4v) is 3.23. The van der Waals surface area contributed by atoms with Gasteiger partial charge in [0, 0.05) is 25.2 Å². The Morgan fingerprint density at radius 2 is 2.11 bits per heavy atom. The summed E-state index contributed by atoms with van der Waals surface area (Å²) in [6.45, 7) is 8.57. The van der Waals surface area contributed by atoms with Gasteiger partial charge >= 0.3 is 5.97 Å². The normalized spacial score (nSPS) is 24.1. The molecule has 2 heterocycles. The van der Waals surface area contributed by atoms with Crippen molar-refractivity contribution in [3.05, 3.63) is 17.0 Å². The zero-order valence-corrected chi connectivity index (χ0v) is 11.9. The Bertz CT molecular complexity index is 409. The topological polar surface area (TPSA) is 41.6 Å². The highest BCUT2D eigenvalue weighted by atomic mass is 32.1. The number of hydrogen-bond donors (Lipinski definition) is 1. The van der Waals surface area contributed by atoms with Gasteiger partial charge in [-0.05, 0) is 32.9 Å². The number of nitrogens with one attached hydrogen (secondary N) is 1. The lowest BCUT2D eigenvalue weighted by Crippen LogP contribution is -2.54. The van der Waals surface area contributed by atoms with Crippen molar-refractivity contribution < 1.29 is 9.53 Å². The molecule has 2 atom stereocenters. The Labute approximate surface area is 112 Å². The number of rotatable bonds is 3. The first-order valence-corrected chi connectivity index (χ1v) is 7.19. The smallest absolute Gasteiger partial charge is 0.348 e. The standard InChI is InChI=1S/C13H20N2O2S/c1-4-17-13(16)11-5-6-12(18-11)15-7-9(2)14-10(3)8-15/h5-6,9-10,14H,4,7-8H2,1-3H3/t9-,10+. The molecule has 18 heavy (non-hydrogen) atoms. The summed E-state index contributed by atoms with van der Waals surface area (Å²) in [6.07, 6.45) is 0. The first-order valence-electron chi connectivity index (χ1n) is 6.38. The summed E-state index contributed by atoms with van der Waals surface area (Å²) in [6, 6.07) is 4.82. The van der Waals surface area contributed by atoms with Gasteiger partial charge in [-0.15, -0.1) is 11.3 Å². The van der Waals surface area contributed by atoms with E-state index in [2.05, 4.69) is 24.1 Å². The number of piperazine rings is 1. The van der Waals surface area contributed by atoms with Crippen molar-refractivity contribution in [3.8, 4) is 0 Å². The van der Waals surface area contributed by atoms with Crippen molar-refractivity contribution in [1.29, 1.82) is 0 Å². The van der Waals surface area contributed by atoms with Crippen LogP contribution >= 0.6 is 11.3 Å². The van der Waals surface area contributed by atoms with Crippen molar-refractivity contribution in [2.45, 2.75) is 32.9 Å². The summed E-state index contributed by atoms with van der Waals surface area (Å²) >= 11 is 1.52. The predicted octanol–water partition coefficient (Wildman–Crippen LogP) is 2.11. The molecule has 0 saturated carbocycles. The van der Waals surface area contributed by atoms with Crippen LogP contribution in [0.15, 0.2) is 12.1 Å². The summed E-state index contributed by atoms with van der Waals surface area (Å²) in [5, 5.41) is 4.65. The number of anilines is 1. The van der Waals surface area contributed by atoms with E-state index < -0.39 is 0 Å². The molecule has 0 bridgehead atoms. The Morgan fingerprint density at radius 1 is 1.44 bits per heavy atom. The summed E-state index contributed by atoms with van der Waals surface area (Å²) in [5.74, 6) is -0.218. The molecular formula is C13H20N2O2S. The SMILES string of the molecule is CCOC(=O)c1ccc(N2C[C@@H](C)N[C@@H](C)C2)s1. The summed E-state index contributed by atoms with van der Waals surface area (Å²) < 4.78 is 5.01. The molecule has 1 fully saturated rings. The minimum Gasteiger partial charge on any atom is -0.462 e. The van der Waals surface area contributed by atoms with E-state index in [0.717, 1.165) is 18.1 Å². The van der Waals surface area contributed by atoms with Gasteiger partial charge in [-0.25, -0.2) is 4.79 Å². The monoisotopic (exact) mass is 268 g/mol. The Balaban J connectivity index is 2.07. The van der Waals surface area contributed by atoms with Crippen LogP contribution in [-0.4, -0.2) is 37.7 Å². The summed E-state index contributed by atoms with van der Waals surface area (Å²) in [7, 11) is 0. The highest BCUT2D eigenvalue weighted by Gasteiger charge is 2.23. The molecule has 5 heteroatoms. The van der Waals surface area contributed by atoms with Crippen molar-refractivity contribution in [2.24, 2.45) is 0 Å². The minimum absolute atomic E-state index is 0.218. The Hall–Kier alpha value is -1.07. The molecule has 0 unspecified atom stereocenters. The van der Waals surface area contributed by atoms with Crippen LogP contribution in [0.4, 0.5) is 5.00 Å². The van der Waals surface area contributed by atoms with Crippen LogP contribution < -0.4 is 10.2 Å². The number of nitrogens with zero attached hydrogens (tertiary/aromatic N) is 1. The third-order valence-electron chi connectivity index (χ3n) is 2.94. The first-order chi connectivity index (χ1) is 8.60. The van der Waals surface area contributed by atoms with Crippen LogP contribution in [0, 0.1) is 0 Å². The van der Waals surface area contributed by atoms with Gasteiger partial charge in [-0.2, -0.15) is 0 Å². The van der Waals surface area contributed by atoms with Gasteiger partial charge in [0.05, 0.1) is 11.6 Å². The van der Waals surface area contributed by atoms with Crippen LogP contribution in [0.1, 0.15) is 30.4 Å².